The molecule has 0 spiro atoms. The van der Waals surface area contributed by atoms with Gasteiger partial charge in [-0.3, -0.25) is 0 Å². The first-order valence-corrected chi connectivity index (χ1v) is 11.9. The lowest BCUT2D eigenvalue weighted by molar-refractivity contribution is 0.105. The maximum absolute atomic E-state index is 6.06. The standard InChI is InChI=1S/C21H34O3Si/c1-19(17-23-18-20-12-8-7-9-13-20)11-10-14-22-15-16-24-25(5,6)21(2,3)4/h7-9,12-13,19H,14-18H2,1-6H3. The van der Waals surface area contributed by atoms with E-state index in [1.54, 1.807) is 0 Å². The van der Waals surface area contributed by atoms with Crippen molar-refractivity contribution in [3.63, 3.8) is 0 Å². The highest BCUT2D eigenvalue weighted by atomic mass is 28.4. The monoisotopic (exact) mass is 362 g/mol. The molecule has 0 aliphatic carbocycles. The van der Waals surface area contributed by atoms with Crippen LogP contribution in [-0.4, -0.2) is 34.7 Å². The molecule has 1 atom stereocenters. The van der Waals surface area contributed by atoms with Crippen molar-refractivity contribution in [2.24, 2.45) is 5.92 Å². The lowest BCUT2D eigenvalue weighted by atomic mass is 10.2. The van der Waals surface area contributed by atoms with Crippen LogP contribution in [0.15, 0.2) is 30.3 Å². The highest BCUT2D eigenvalue weighted by molar-refractivity contribution is 6.74. The van der Waals surface area contributed by atoms with Crippen molar-refractivity contribution in [2.75, 3.05) is 26.4 Å². The van der Waals surface area contributed by atoms with E-state index in [-0.39, 0.29) is 11.0 Å². The summed E-state index contributed by atoms with van der Waals surface area (Å²) in [5.74, 6) is 6.44. The summed E-state index contributed by atoms with van der Waals surface area (Å²) in [4.78, 5) is 0. The van der Waals surface area contributed by atoms with Crippen LogP contribution in [0.25, 0.3) is 0 Å². The molecule has 0 saturated carbocycles. The lowest BCUT2D eigenvalue weighted by Gasteiger charge is -2.36. The van der Waals surface area contributed by atoms with Gasteiger partial charge in [0.15, 0.2) is 8.32 Å². The second kappa shape index (κ2) is 10.8. The number of benzene rings is 1. The molecule has 0 fully saturated rings. The molecule has 0 aliphatic heterocycles. The van der Waals surface area contributed by atoms with Gasteiger partial charge in [-0.05, 0) is 30.6 Å². The topological polar surface area (TPSA) is 27.7 Å². The van der Waals surface area contributed by atoms with E-state index in [0.29, 0.717) is 33.0 Å². The molecule has 0 aromatic heterocycles. The summed E-state index contributed by atoms with van der Waals surface area (Å²) < 4.78 is 17.3. The van der Waals surface area contributed by atoms with Gasteiger partial charge in [-0.2, -0.15) is 0 Å². The molecular weight excluding hydrogens is 328 g/mol. The second-order valence-electron chi connectivity index (χ2n) is 7.88. The van der Waals surface area contributed by atoms with Gasteiger partial charge in [-0.25, -0.2) is 0 Å². The molecule has 1 unspecified atom stereocenters. The van der Waals surface area contributed by atoms with Crippen molar-refractivity contribution in [2.45, 2.75) is 52.4 Å². The third kappa shape index (κ3) is 9.22. The van der Waals surface area contributed by atoms with Crippen molar-refractivity contribution in [1.82, 2.24) is 0 Å². The van der Waals surface area contributed by atoms with E-state index in [9.17, 15) is 0 Å². The molecule has 0 amide bonds. The normalized spacial score (nSPS) is 13.2. The zero-order chi connectivity index (χ0) is 18.8. The maximum atomic E-state index is 6.06. The van der Waals surface area contributed by atoms with Crippen LogP contribution in [0.2, 0.25) is 18.1 Å². The summed E-state index contributed by atoms with van der Waals surface area (Å²) >= 11 is 0. The largest absolute Gasteiger partial charge is 0.414 e. The summed E-state index contributed by atoms with van der Waals surface area (Å²) in [5, 5.41) is 0.238. The van der Waals surface area contributed by atoms with Gasteiger partial charge < -0.3 is 13.9 Å². The third-order valence-corrected chi connectivity index (χ3v) is 9.04. The van der Waals surface area contributed by atoms with Gasteiger partial charge in [0, 0.05) is 5.92 Å². The molecular formula is C21H34O3Si. The minimum absolute atomic E-state index is 0.204. The molecule has 1 aromatic carbocycles. The van der Waals surface area contributed by atoms with Crippen LogP contribution in [0, 0.1) is 17.8 Å². The van der Waals surface area contributed by atoms with Crippen molar-refractivity contribution in [1.29, 1.82) is 0 Å². The van der Waals surface area contributed by atoms with Crippen molar-refractivity contribution in [3.05, 3.63) is 35.9 Å². The van der Waals surface area contributed by atoms with Gasteiger partial charge in [0.05, 0.1) is 26.4 Å². The Morgan fingerprint density at radius 2 is 1.72 bits per heavy atom. The van der Waals surface area contributed by atoms with E-state index < -0.39 is 8.32 Å². The molecule has 0 heterocycles. The number of hydrogen-bond donors (Lipinski definition) is 0. The van der Waals surface area contributed by atoms with E-state index >= 15 is 0 Å². The fraction of sp³-hybridized carbons (Fsp3) is 0.619. The fourth-order valence-electron chi connectivity index (χ4n) is 1.88. The Bertz CT molecular complexity index is 538. The van der Waals surface area contributed by atoms with E-state index in [0.717, 1.165) is 0 Å². The summed E-state index contributed by atoms with van der Waals surface area (Å²) in [5.41, 5.74) is 1.19. The number of rotatable bonds is 9. The van der Waals surface area contributed by atoms with Gasteiger partial charge in [-0.1, -0.05) is 62.9 Å². The van der Waals surface area contributed by atoms with Gasteiger partial charge in [-0.15, -0.1) is 0 Å². The smallest absolute Gasteiger partial charge is 0.192 e. The predicted molar refractivity (Wildman–Crippen MR) is 107 cm³/mol. The maximum Gasteiger partial charge on any atom is 0.192 e. The minimum atomic E-state index is -1.67. The SMILES string of the molecule is CC(C#CCOCCO[Si](C)(C)C(C)(C)C)COCc1ccccc1. The molecule has 4 heteroatoms. The van der Waals surface area contributed by atoms with Crippen LogP contribution < -0.4 is 0 Å². The van der Waals surface area contributed by atoms with E-state index in [4.69, 9.17) is 13.9 Å². The molecule has 3 nitrogen and oxygen atoms in total. The van der Waals surface area contributed by atoms with Crippen LogP contribution in [0.1, 0.15) is 33.3 Å². The Morgan fingerprint density at radius 3 is 2.36 bits per heavy atom. The van der Waals surface area contributed by atoms with Crippen molar-refractivity contribution >= 4 is 8.32 Å². The zero-order valence-electron chi connectivity index (χ0n) is 16.7. The molecule has 1 aromatic rings. The van der Waals surface area contributed by atoms with E-state index in [1.165, 1.54) is 5.56 Å². The molecule has 0 aliphatic rings. The van der Waals surface area contributed by atoms with Crippen LogP contribution >= 0.6 is 0 Å². The summed E-state index contributed by atoms with van der Waals surface area (Å²) in [6, 6.07) is 10.2. The molecule has 140 valence electrons. The van der Waals surface area contributed by atoms with Crippen LogP contribution in [0.4, 0.5) is 0 Å². The summed E-state index contributed by atoms with van der Waals surface area (Å²) in [6.45, 7) is 16.3. The highest BCUT2D eigenvalue weighted by Gasteiger charge is 2.36. The summed E-state index contributed by atoms with van der Waals surface area (Å²) in [6.07, 6.45) is 0. The highest BCUT2D eigenvalue weighted by Crippen LogP contribution is 2.36. The molecule has 0 bridgehead atoms. The molecule has 0 saturated heterocycles. The van der Waals surface area contributed by atoms with Crippen LogP contribution in [-0.2, 0) is 20.5 Å². The first kappa shape index (κ1) is 21.9. The first-order chi connectivity index (χ1) is 11.7. The average Bonchev–Trinajstić information content (AvgIpc) is 2.54. The Morgan fingerprint density at radius 1 is 1.04 bits per heavy atom. The third-order valence-electron chi connectivity index (χ3n) is 4.50. The van der Waals surface area contributed by atoms with Crippen molar-refractivity contribution in [3.8, 4) is 11.8 Å². The average molecular weight is 363 g/mol. The van der Waals surface area contributed by atoms with Gasteiger partial charge in [0.25, 0.3) is 0 Å². The Labute approximate surface area is 155 Å². The van der Waals surface area contributed by atoms with Crippen LogP contribution in [0.5, 0.6) is 0 Å². The molecule has 25 heavy (non-hydrogen) atoms. The fourth-order valence-corrected chi connectivity index (χ4v) is 2.91. The molecule has 0 N–H and O–H groups in total. The zero-order valence-corrected chi connectivity index (χ0v) is 17.7. The minimum Gasteiger partial charge on any atom is -0.414 e. The van der Waals surface area contributed by atoms with Gasteiger partial charge in [0.1, 0.15) is 6.61 Å². The lowest BCUT2D eigenvalue weighted by Crippen LogP contribution is -2.41. The van der Waals surface area contributed by atoms with Crippen LogP contribution in [0.3, 0.4) is 0 Å². The van der Waals surface area contributed by atoms with Gasteiger partial charge >= 0.3 is 0 Å². The Balaban J connectivity index is 2.10. The Kier molecular flexibility index (Phi) is 9.45. The van der Waals surface area contributed by atoms with Crippen molar-refractivity contribution < 1.29 is 13.9 Å². The summed E-state index contributed by atoms with van der Waals surface area (Å²) in [7, 11) is -1.67. The number of hydrogen-bond acceptors (Lipinski definition) is 3. The second-order valence-corrected chi connectivity index (χ2v) is 12.7. The molecule has 1 rings (SSSR count). The van der Waals surface area contributed by atoms with E-state index in [2.05, 4.69) is 64.8 Å². The van der Waals surface area contributed by atoms with Gasteiger partial charge in [0.2, 0.25) is 0 Å². The Hall–Kier alpha value is -1.12. The van der Waals surface area contributed by atoms with E-state index in [1.807, 2.05) is 18.2 Å². The number of ether oxygens (including phenoxy) is 2. The quantitative estimate of drug-likeness (QED) is 0.356. The predicted octanol–water partition coefficient (Wildman–Crippen LogP) is 4.88. The molecule has 0 radical (unpaired) electrons. The first-order valence-electron chi connectivity index (χ1n) is 9.04.